The Morgan fingerprint density at radius 1 is 1.28 bits per heavy atom. The Hall–Kier alpha value is -0.950. The van der Waals surface area contributed by atoms with Crippen molar-refractivity contribution in [2.24, 2.45) is 0 Å². The summed E-state index contributed by atoms with van der Waals surface area (Å²) in [5.41, 5.74) is 0.977. The third-order valence-corrected chi connectivity index (χ3v) is 3.13. The molecule has 5 nitrogen and oxygen atoms in total. The van der Waals surface area contributed by atoms with Crippen molar-refractivity contribution < 1.29 is 22.1 Å². The Bertz CT molecular complexity index is 465. The van der Waals surface area contributed by atoms with Crippen LogP contribution in [-0.2, 0) is 30.2 Å². The molecule has 0 spiro atoms. The lowest BCUT2D eigenvalue weighted by atomic mass is 10.1. The molecular weight excluding hydrogens is 256 g/mol. The van der Waals surface area contributed by atoms with E-state index in [0.29, 0.717) is 19.6 Å². The van der Waals surface area contributed by atoms with Gasteiger partial charge in [-0.15, -0.1) is 0 Å². The molecule has 2 rings (SSSR count). The van der Waals surface area contributed by atoms with Gasteiger partial charge in [0.1, 0.15) is 6.10 Å². The molecule has 1 atom stereocenters. The fourth-order valence-electron chi connectivity index (χ4n) is 1.84. The van der Waals surface area contributed by atoms with Gasteiger partial charge in [0.15, 0.2) is 6.29 Å². The van der Waals surface area contributed by atoms with E-state index in [-0.39, 0.29) is 0 Å². The Morgan fingerprint density at radius 3 is 2.44 bits per heavy atom. The van der Waals surface area contributed by atoms with Gasteiger partial charge in [0.05, 0.1) is 19.5 Å². The molecule has 1 aromatic rings. The quantitative estimate of drug-likeness (QED) is 0.747. The van der Waals surface area contributed by atoms with Gasteiger partial charge in [0, 0.05) is 6.42 Å². The molecular formula is C12H16O5S. The monoisotopic (exact) mass is 272 g/mol. The standard InChI is InChI=1S/C12H16O5S/c1-18(13,14)17-11(12-15-7-8-16-12)9-10-5-3-2-4-6-10/h2-6,11-12H,7-9H2,1H3. The summed E-state index contributed by atoms with van der Waals surface area (Å²) in [6, 6.07) is 9.51. The van der Waals surface area contributed by atoms with Crippen LogP contribution < -0.4 is 0 Å². The molecule has 18 heavy (non-hydrogen) atoms. The maximum absolute atomic E-state index is 11.3. The first-order valence-electron chi connectivity index (χ1n) is 5.70. The fourth-order valence-corrected chi connectivity index (χ4v) is 2.45. The summed E-state index contributed by atoms with van der Waals surface area (Å²) >= 11 is 0. The van der Waals surface area contributed by atoms with Crippen molar-refractivity contribution in [2.75, 3.05) is 19.5 Å². The van der Waals surface area contributed by atoms with E-state index >= 15 is 0 Å². The Morgan fingerprint density at radius 2 is 1.89 bits per heavy atom. The molecule has 1 aliphatic rings. The normalized spacial score (nSPS) is 18.9. The van der Waals surface area contributed by atoms with Crippen LogP contribution >= 0.6 is 0 Å². The number of ether oxygens (including phenoxy) is 2. The summed E-state index contributed by atoms with van der Waals surface area (Å²) in [5.74, 6) is 0. The summed E-state index contributed by atoms with van der Waals surface area (Å²) in [5, 5.41) is 0. The smallest absolute Gasteiger partial charge is 0.264 e. The van der Waals surface area contributed by atoms with Gasteiger partial charge in [-0.3, -0.25) is 4.18 Å². The van der Waals surface area contributed by atoms with E-state index < -0.39 is 22.5 Å². The van der Waals surface area contributed by atoms with Crippen LogP contribution in [0.25, 0.3) is 0 Å². The number of benzene rings is 1. The molecule has 1 heterocycles. The van der Waals surface area contributed by atoms with Crippen molar-refractivity contribution >= 4 is 10.1 Å². The highest BCUT2D eigenvalue weighted by atomic mass is 32.2. The average Bonchev–Trinajstić information content (AvgIpc) is 2.81. The van der Waals surface area contributed by atoms with E-state index in [1.165, 1.54) is 0 Å². The van der Waals surface area contributed by atoms with Crippen LogP contribution in [0.4, 0.5) is 0 Å². The summed E-state index contributed by atoms with van der Waals surface area (Å²) in [6.07, 6.45) is 0.184. The zero-order valence-corrected chi connectivity index (χ0v) is 10.9. The Balaban J connectivity index is 2.09. The zero-order chi connectivity index (χ0) is 13.0. The van der Waals surface area contributed by atoms with Crippen molar-refractivity contribution in [3.8, 4) is 0 Å². The lowest BCUT2D eigenvalue weighted by Gasteiger charge is -2.21. The second-order valence-electron chi connectivity index (χ2n) is 4.14. The Kier molecular flexibility index (Phi) is 4.34. The first kappa shape index (κ1) is 13.5. The van der Waals surface area contributed by atoms with E-state index in [4.69, 9.17) is 13.7 Å². The minimum Gasteiger partial charge on any atom is -0.348 e. The minimum absolute atomic E-state index is 0.429. The van der Waals surface area contributed by atoms with Crippen molar-refractivity contribution in [3.05, 3.63) is 35.9 Å². The molecule has 6 heteroatoms. The molecule has 0 saturated carbocycles. The van der Waals surface area contributed by atoms with Crippen LogP contribution in [0.15, 0.2) is 30.3 Å². The Labute approximate surface area is 107 Å². The SMILES string of the molecule is CS(=O)(=O)OC(Cc1ccccc1)C1OCCO1. The van der Waals surface area contributed by atoms with Crippen LogP contribution in [0.5, 0.6) is 0 Å². The number of hydrogen-bond acceptors (Lipinski definition) is 5. The lowest BCUT2D eigenvalue weighted by Crippen LogP contribution is -2.33. The summed E-state index contributed by atoms with van der Waals surface area (Å²) < 4.78 is 38.2. The third-order valence-electron chi connectivity index (χ3n) is 2.53. The van der Waals surface area contributed by atoms with Gasteiger partial charge in [-0.2, -0.15) is 8.42 Å². The first-order valence-corrected chi connectivity index (χ1v) is 7.52. The second kappa shape index (κ2) is 5.79. The van der Waals surface area contributed by atoms with Gasteiger partial charge >= 0.3 is 0 Å². The van der Waals surface area contributed by atoms with E-state index in [9.17, 15) is 8.42 Å². The lowest BCUT2D eigenvalue weighted by molar-refractivity contribution is -0.108. The van der Waals surface area contributed by atoms with Crippen LogP contribution in [0.2, 0.25) is 0 Å². The average molecular weight is 272 g/mol. The predicted molar refractivity (Wildman–Crippen MR) is 65.6 cm³/mol. The maximum Gasteiger partial charge on any atom is 0.264 e. The molecule has 0 radical (unpaired) electrons. The molecule has 0 bridgehead atoms. The second-order valence-corrected chi connectivity index (χ2v) is 5.74. The van der Waals surface area contributed by atoms with Crippen molar-refractivity contribution in [2.45, 2.75) is 18.8 Å². The van der Waals surface area contributed by atoms with E-state index in [1.54, 1.807) is 0 Å². The van der Waals surface area contributed by atoms with E-state index in [0.717, 1.165) is 11.8 Å². The van der Waals surface area contributed by atoms with E-state index in [1.807, 2.05) is 30.3 Å². The van der Waals surface area contributed by atoms with Crippen molar-refractivity contribution in [1.29, 1.82) is 0 Å². The van der Waals surface area contributed by atoms with Gasteiger partial charge in [-0.1, -0.05) is 30.3 Å². The molecule has 0 aliphatic carbocycles. The molecule has 1 fully saturated rings. The fraction of sp³-hybridized carbons (Fsp3) is 0.500. The summed E-state index contributed by atoms with van der Waals surface area (Å²) in [6.45, 7) is 0.923. The maximum atomic E-state index is 11.3. The van der Waals surface area contributed by atoms with E-state index in [2.05, 4.69) is 0 Å². The predicted octanol–water partition coefficient (Wildman–Crippen LogP) is 0.947. The largest absolute Gasteiger partial charge is 0.348 e. The molecule has 1 aliphatic heterocycles. The first-order chi connectivity index (χ1) is 8.54. The molecule has 1 saturated heterocycles. The molecule has 1 unspecified atom stereocenters. The van der Waals surface area contributed by atoms with Crippen molar-refractivity contribution in [3.63, 3.8) is 0 Å². The number of rotatable bonds is 5. The molecule has 0 amide bonds. The van der Waals surface area contributed by atoms with Gasteiger partial charge in [-0.05, 0) is 5.56 Å². The van der Waals surface area contributed by atoms with Gasteiger partial charge in [0.2, 0.25) is 0 Å². The van der Waals surface area contributed by atoms with Gasteiger partial charge in [0.25, 0.3) is 10.1 Å². The van der Waals surface area contributed by atoms with Crippen LogP contribution in [-0.4, -0.2) is 40.3 Å². The van der Waals surface area contributed by atoms with Crippen LogP contribution in [0.1, 0.15) is 5.56 Å². The van der Waals surface area contributed by atoms with Gasteiger partial charge in [-0.25, -0.2) is 0 Å². The molecule has 1 aromatic carbocycles. The molecule has 100 valence electrons. The van der Waals surface area contributed by atoms with Crippen LogP contribution in [0, 0.1) is 0 Å². The highest BCUT2D eigenvalue weighted by Crippen LogP contribution is 2.18. The number of hydrogen-bond donors (Lipinski definition) is 0. The zero-order valence-electron chi connectivity index (χ0n) is 10.1. The highest BCUT2D eigenvalue weighted by molar-refractivity contribution is 7.86. The summed E-state index contributed by atoms with van der Waals surface area (Å²) in [4.78, 5) is 0. The molecule has 0 N–H and O–H groups in total. The topological polar surface area (TPSA) is 61.8 Å². The van der Waals surface area contributed by atoms with Crippen molar-refractivity contribution in [1.82, 2.24) is 0 Å². The van der Waals surface area contributed by atoms with Gasteiger partial charge < -0.3 is 9.47 Å². The highest BCUT2D eigenvalue weighted by Gasteiger charge is 2.30. The summed E-state index contributed by atoms with van der Waals surface area (Å²) in [7, 11) is -3.54. The minimum atomic E-state index is -3.54. The van der Waals surface area contributed by atoms with Crippen LogP contribution in [0.3, 0.4) is 0 Å². The third kappa shape index (κ3) is 4.06. The molecule has 0 aromatic heterocycles.